The third-order valence-electron chi connectivity index (χ3n) is 6.66. The molecule has 1 aromatic heterocycles. The van der Waals surface area contributed by atoms with E-state index in [4.69, 9.17) is 18.9 Å². The summed E-state index contributed by atoms with van der Waals surface area (Å²) in [7, 11) is 1.29. The highest BCUT2D eigenvalue weighted by molar-refractivity contribution is 14.1. The third-order valence-corrected chi connectivity index (χ3v) is 9.26. The number of nitrogens with zero attached hydrogens (tertiary/aromatic N) is 2. The SMILES string of the molecule is CCOc1ccc([C@H]2C(C(=O)OC)=CN=c3s/c(=C\c4cc(I)c(OCc5ccccc5F)c(I)c4)c(=O)n32)cc1OCC. The summed E-state index contributed by atoms with van der Waals surface area (Å²) in [6.45, 7) is 4.72. The molecule has 0 unspecified atom stereocenters. The summed E-state index contributed by atoms with van der Waals surface area (Å²) in [5, 5.41) is 0. The van der Waals surface area contributed by atoms with E-state index >= 15 is 0 Å². The van der Waals surface area contributed by atoms with Crippen LogP contribution < -0.4 is 29.1 Å². The molecule has 1 aliphatic rings. The van der Waals surface area contributed by atoms with Gasteiger partial charge in [-0.25, -0.2) is 14.2 Å². The van der Waals surface area contributed by atoms with E-state index in [0.29, 0.717) is 50.9 Å². The summed E-state index contributed by atoms with van der Waals surface area (Å²) in [5.41, 5.74) is 1.82. The van der Waals surface area contributed by atoms with Gasteiger partial charge in [0.05, 0.1) is 43.6 Å². The van der Waals surface area contributed by atoms with Crippen molar-refractivity contribution in [3.8, 4) is 17.2 Å². The van der Waals surface area contributed by atoms with Crippen molar-refractivity contribution >= 4 is 68.6 Å². The summed E-state index contributed by atoms with van der Waals surface area (Å²) in [6, 6.07) is 14.9. The van der Waals surface area contributed by atoms with Gasteiger partial charge in [0, 0.05) is 11.8 Å². The van der Waals surface area contributed by atoms with Crippen LogP contribution in [0.15, 0.2) is 76.2 Å². The van der Waals surface area contributed by atoms with Crippen LogP contribution in [-0.4, -0.2) is 30.9 Å². The lowest BCUT2D eigenvalue weighted by molar-refractivity contribution is -0.136. The third kappa shape index (κ3) is 6.71. The van der Waals surface area contributed by atoms with Crippen molar-refractivity contribution < 1.29 is 28.1 Å². The molecule has 12 heteroatoms. The fourth-order valence-corrected chi connectivity index (χ4v) is 7.80. The van der Waals surface area contributed by atoms with Gasteiger partial charge in [0.25, 0.3) is 5.56 Å². The van der Waals surface area contributed by atoms with Crippen molar-refractivity contribution in [1.82, 2.24) is 4.57 Å². The zero-order chi connectivity index (χ0) is 31.4. The van der Waals surface area contributed by atoms with Crippen LogP contribution in [0.4, 0.5) is 4.39 Å². The van der Waals surface area contributed by atoms with E-state index < -0.39 is 12.0 Å². The largest absolute Gasteiger partial charge is 0.490 e. The quantitative estimate of drug-likeness (QED) is 0.150. The van der Waals surface area contributed by atoms with Crippen molar-refractivity contribution in [1.29, 1.82) is 0 Å². The van der Waals surface area contributed by atoms with Crippen LogP contribution in [0.2, 0.25) is 0 Å². The zero-order valence-corrected chi connectivity index (χ0v) is 29.1. The van der Waals surface area contributed by atoms with E-state index in [-0.39, 0.29) is 23.6 Å². The lowest BCUT2D eigenvalue weighted by Gasteiger charge is -2.23. The predicted molar refractivity (Wildman–Crippen MR) is 183 cm³/mol. The Labute approximate surface area is 284 Å². The van der Waals surface area contributed by atoms with Crippen molar-refractivity contribution in [3.05, 3.63) is 116 Å². The molecular weight excluding hydrogens is 813 g/mol. The molecule has 3 aromatic carbocycles. The number of fused-ring (bicyclic) bond motifs is 1. The molecule has 1 atom stereocenters. The van der Waals surface area contributed by atoms with Crippen LogP contribution in [0.3, 0.4) is 0 Å². The number of hydrogen-bond donors (Lipinski definition) is 0. The van der Waals surface area contributed by atoms with Gasteiger partial charge in [-0.05, 0) is 107 Å². The number of ether oxygens (including phenoxy) is 4. The highest BCUT2D eigenvalue weighted by Crippen LogP contribution is 2.35. The summed E-state index contributed by atoms with van der Waals surface area (Å²) >= 11 is 5.57. The fraction of sp³-hybridized carbons (Fsp3) is 0.219. The first-order valence-electron chi connectivity index (χ1n) is 13.6. The molecule has 0 fully saturated rings. The van der Waals surface area contributed by atoms with E-state index in [1.54, 1.807) is 36.4 Å². The van der Waals surface area contributed by atoms with E-state index in [2.05, 4.69) is 50.2 Å². The Morgan fingerprint density at radius 1 is 1.02 bits per heavy atom. The number of thiazole rings is 1. The molecule has 44 heavy (non-hydrogen) atoms. The Kier molecular flexibility index (Phi) is 10.4. The summed E-state index contributed by atoms with van der Waals surface area (Å²) in [4.78, 5) is 31.7. The monoisotopic (exact) mass is 840 g/mol. The zero-order valence-electron chi connectivity index (χ0n) is 23.9. The number of methoxy groups -OCH3 is 1. The van der Waals surface area contributed by atoms with Crippen LogP contribution in [0, 0.1) is 13.0 Å². The minimum atomic E-state index is -0.787. The topological polar surface area (TPSA) is 88.4 Å². The number of esters is 1. The maximum Gasteiger partial charge on any atom is 0.337 e. The summed E-state index contributed by atoms with van der Waals surface area (Å²) in [6.07, 6.45) is 3.24. The molecule has 1 aliphatic heterocycles. The van der Waals surface area contributed by atoms with Crippen LogP contribution in [-0.2, 0) is 16.1 Å². The second kappa shape index (κ2) is 14.2. The molecule has 0 saturated heterocycles. The Hall–Kier alpha value is -3.24. The van der Waals surface area contributed by atoms with Gasteiger partial charge in [0.15, 0.2) is 16.3 Å². The Morgan fingerprint density at radius 2 is 1.73 bits per heavy atom. The molecule has 0 radical (unpaired) electrons. The second-order valence-corrected chi connectivity index (χ2v) is 12.8. The molecule has 5 rings (SSSR count). The molecule has 0 amide bonds. The maximum absolute atomic E-state index is 14.1. The molecule has 2 heterocycles. The van der Waals surface area contributed by atoms with Crippen molar-refractivity contribution in [2.24, 2.45) is 4.99 Å². The van der Waals surface area contributed by atoms with E-state index in [0.717, 1.165) is 12.7 Å². The molecule has 4 aromatic rings. The molecule has 228 valence electrons. The average Bonchev–Trinajstić information content (AvgIpc) is 3.32. The van der Waals surface area contributed by atoms with Gasteiger partial charge < -0.3 is 18.9 Å². The Bertz CT molecular complexity index is 1910. The van der Waals surface area contributed by atoms with Gasteiger partial charge in [0.2, 0.25) is 0 Å². The van der Waals surface area contributed by atoms with Crippen molar-refractivity contribution in [3.63, 3.8) is 0 Å². The minimum Gasteiger partial charge on any atom is -0.490 e. The number of aromatic nitrogens is 1. The standard InChI is InChI=1S/C32H27FI2N2O6S/c1-4-41-25-11-10-19(15-26(25)42-5-2)28-21(31(39)40-3)16-36-32-37(28)30(38)27(44-32)14-18-12-23(34)29(24(35)13-18)43-17-20-8-6-7-9-22(20)33/h6-16,28H,4-5,17H2,1-3H3/b27-14-/t28-/m0/s1. The molecular formula is C32H27FI2N2O6S. The van der Waals surface area contributed by atoms with Gasteiger partial charge >= 0.3 is 5.97 Å². The van der Waals surface area contributed by atoms with Crippen molar-refractivity contribution in [2.45, 2.75) is 26.5 Å². The van der Waals surface area contributed by atoms with Crippen LogP contribution in [0.25, 0.3) is 6.08 Å². The normalized spacial score (nSPS) is 14.4. The lowest BCUT2D eigenvalue weighted by Crippen LogP contribution is -2.39. The lowest BCUT2D eigenvalue weighted by atomic mass is 9.97. The summed E-state index contributed by atoms with van der Waals surface area (Å²) in [5.74, 6) is 0.806. The van der Waals surface area contributed by atoms with E-state index in [1.165, 1.54) is 35.3 Å². The van der Waals surface area contributed by atoms with Crippen molar-refractivity contribution in [2.75, 3.05) is 20.3 Å². The van der Waals surface area contributed by atoms with Crippen LogP contribution in [0.5, 0.6) is 17.2 Å². The van der Waals surface area contributed by atoms with Gasteiger partial charge in [-0.1, -0.05) is 35.6 Å². The number of carbonyl (C=O) groups is 1. The number of benzene rings is 3. The molecule has 0 bridgehead atoms. The molecule has 0 aliphatic carbocycles. The number of hydrogen-bond acceptors (Lipinski definition) is 8. The first-order valence-corrected chi connectivity index (χ1v) is 16.6. The highest BCUT2D eigenvalue weighted by atomic mass is 127. The van der Waals surface area contributed by atoms with Gasteiger partial charge in [-0.3, -0.25) is 9.36 Å². The number of halogens is 3. The molecule has 0 N–H and O–H groups in total. The fourth-order valence-electron chi connectivity index (χ4n) is 4.70. The number of carbonyl (C=O) groups excluding carboxylic acids is 1. The maximum atomic E-state index is 14.1. The molecule has 0 spiro atoms. The molecule has 8 nitrogen and oxygen atoms in total. The first kappa shape index (κ1) is 32.2. The number of rotatable bonds is 10. The highest BCUT2D eigenvalue weighted by Gasteiger charge is 2.31. The van der Waals surface area contributed by atoms with E-state index in [1.807, 2.05) is 32.0 Å². The van der Waals surface area contributed by atoms with E-state index in [9.17, 15) is 14.0 Å². The summed E-state index contributed by atoms with van der Waals surface area (Å²) < 4.78 is 40.2. The van der Waals surface area contributed by atoms with Gasteiger partial charge in [0.1, 0.15) is 18.2 Å². The second-order valence-electron chi connectivity index (χ2n) is 9.44. The minimum absolute atomic E-state index is 0.0930. The molecule has 0 saturated carbocycles. The van der Waals surface area contributed by atoms with Crippen LogP contribution >= 0.6 is 56.5 Å². The average molecular weight is 840 g/mol. The Balaban J connectivity index is 1.55. The Morgan fingerprint density at radius 3 is 2.41 bits per heavy atom. The first-order chi connectivity index (χ1) is 21.2. The predicted octanol–water partition coefficient (Wildman–Crippen LogP) is 5.74. The smallest absolute Gasteiger partial charge is 0.337 e. The van der Waals surface area contributed by atoms with Gasteiger partial charge in [-0.2, -0.15) is 0 Å². The van der Waals surface area contributed by atoms with Crippen LogP contribution in [0.1, 0.15) is 36.6 Å². The van der Waals surface area contributed by atoms with Gasteiger partial charge in [-0.15, -0.1) is 0 Å².